The molecule has 1 aliphatic carbocycles. The van der Waals surface area contributed by atoms with E-state index < -0.39 is 0 Å². The number of nitrogens with one attached hydrogen (secondary N) is 1. The van der Waals surface area contributed by atoms with Crippen LogP contribution in [0, 0.1) is 18.8 Å². The first-order valence-corrected chi connectivity index (χ1v) is 7.27. The molecule has 1 fully saturated rings. The highest BCUT2D eigenvalue weighted by molar-refractivity contribution is 5.96. The van der Waals surface area contributed by atoms with Gasteiger partial charge in [0, 0.05) is 24.3 Å². The maximum absolute atomic E-state index is 12.4. The molecule has 4 nitrogen and oxygen atoms in total. The summed E-state index contributed by atoms with van der Waals surface area (Å²) in [5.41, 5.74) is 7.82. The number of amides is 1. The summed E-state index contributed by atoms with van der Waals surface area (Å²) in [7, 11) is 1.72. The minimum absolute atomic E-state index is 0.0364. The van der Waals surface area contributed by atoms with Crippen molar-refractivity contribution in [3.05, 3.63) is 34.9 Å². The zero-order chi connectivity index (χ0) is 15.2. The Balaban J connectivity index is 2.08. The summed E-state index contributed by atoms with van der Waals surface area (Å²) < 4.78 is 5.33. The third-order valence-corrected chi connectivity index (χ3v) is 3.87. The molecule has 3 N–H and O–H groups in total. The summed E-state index contributed by atoms with van der Waals surface area (Å²) in [6, 6.07) is 5.85. The fourth-order valence-corrected chi connectivity index (χ4v) is 2.65. The van der Waals surface area contributed by atoms with Crippen LogP contribution >= 0.6 is 0 Å². The average molecular weight is 286 g/mol. The zero-order valence-electron chi connectivity index (χ0n) is 12.6. The molecule has 2 unspecified atom stereocenters. The van der Waals surface area contributed by atoms with E-state index in [9.17, 15) is 4.79 Å². The van der Waals surface area contributed by atoms with E-state index in [1.807, 2.05) is 25.1 Å². The van der Waals surface area contributed by atoms with Crippen LogP contribution in [-0.2, 0) is 4.74 Å². The van der Waals surface area contributed by atoms with Crippen molar-refractivity contribution in [1.29, 1.82) is 0 Å². The van der Waals surface area contributed by atoms with Gasteiger partial charge in [-0.15, -0.1) is 0 Å². The summed E-state index contributed by atoms with van der Waals surface area (Å²) in [6.07, 6.45) is 3.12. The van der Waals surface area contributed by atoms with Crippen molar-refractivity contribution in [1.82, 2.24) is 5.32 Å². The average Bonchev–Trinajstić information content (AvgIpc) is 2.94. The molecule has 1 aromatic carbocycles. The van der Waals surface area contributed by atoms with Gasteiger partial charge in [-0.05, 0) is 43.9 Å². The first-order chi connectivity index (χ1) is 10.1. The fourth-order valence-electron chi connectivity index (χ4n) is 2.65. The Hall–Kier alpha value is -1.83. The molecule has 0 aliphatic heterocycles. The minimum atomic E-state index is -0.0364. The molecule has 0 aromatic heterocycles. The van der Waals surface area contributed by atoms with Gasteiger partial charge in [0.1, 0.15) is 0 Å². The Kier molecular flexibility index (Phi) is 5.38. The highest BCUT2D eigenvalue weighted by atomic mass is 16.5. The Morgan fingerprint density at radius 3 is 2.95 bits per heavy atom. The number of nitrogens with two attached hydrogens (primary N) is 1. The molecule has 2 atom stereocenters. The lowest BCUT2D eigenvalue weighted by Gasteiger charge is -2.14. The van der Waals surface area contributed by atoms with E-state index >= 15 is 0 Å². The van der Waals surface area contributed by atoms with Crippen LogP contribution in [0.15, 0.2) is 18.2 Å². The van der Waals surface area contributed by atoms with Gasteiger partial charge in [0.15, 0.2) is 0 Å². The van der Waals surface area contributed by atoms with E-state index in [2.05, 4.69) is 17.2 Å². The minimum Gasteiger partial charge on any atom is -0.381 e. The Bertz CT molecular complexity index is 572. The normalized spacial score (nSPS) is 20.7. The van der Waals surface area contributed by atoms with Gasteiger partial charge in [-0.2, -0.15) is 0 Å². The van der Waals surface area contributed by atoms with Crippen molar-refractivity contribution in [2.75, 3.05) is 13.7 Å². The molecule has 0 bridgehead atoms. The van der Waals surface area contributed by atoms with Crippen molar-refractivity contribution in [2.45, 2.75) is 38.3 Å². The van der Waals surface area contributed by atoms with E-state index in [0.717, 1.165) is 30.4 Å². The standard InChI is InChI=1S/C17H22N2O2/c1-12-5-6-13(4-3-9-18)10-16(12)17(20)19-14-7-8-15(11-14)21-2/h5-6,10,14-15H,7-9,11,18H2,1-2H3,(H,19,20). The van der Waals surface area contributed by atoms with Crippen molar-refractivity contribution in [3.63, 3.8) is 0 Å². The molecule has 1 aromatic rings. The van der Waals surface area contributed by atoms with E-state index in [-0.39, 0.29) is 18.1 Å². The van der Waals surface area contributed by atoms with E-state index in [1.165, 1.54) is 0 Å². The summed E-state index contributed by atoms with van der Waals surface area (Å²) in [5.74, 6) is 5.73. The van der Waals surface area contributed by atoms with Gasteiger partial charge in [0.2, 0.25) is 0 Å². The third kappa shape index (κ3) is 4.07. The Labute approximate surface area is 126 Å². The lowest BCUT2D eigenvalue weighted by Crippen LogP contribution is -2.33. The monoisotopic (exact) mass is 286 g/mol. The number of hydrogen-bond donors (Lipinski definition) is 2. The van der Waals surface area contributed by atoms with E-state index in [1.54, 1.807) is 7.11 Å². The highest BCUT2D eigenvalue weighted by Crippen LogP contribution is 2.22. The highest BCUT2D eigenvalue weighted by Gasteiger charge is 2.26. The molecule has 21 heavy (non-hydrogen) atoms. The quantitative estimate of drug-likeness (QED) is 0.830. The van der Waals surface area contributed by atoms with Crippen LogP contribution in [0.5, 0.6) is 0 Å². The number of rotatable bonds is 3. The number of benzene rings is 1. The molecule has 0 saturated heterocycles. The second-order valence-corrected chi connectivity index (χ2v) is 5.38. The molecule has 112 valence electrons. The number of aryl methyl sites for hydroxylation is 1. The fraction of sp³-hybridized carbons (Fsp3) is 0.471. The summed E-state index contributed by atoms with van der Waals surface area (Å²) in [4.78, 5) is 12.4. The predicted octanol–water partition coefficient (Wildman–Crippen LogP) is 1.60. The van der Waals surface area contributed by atoms with Crippen LogP contribution in [-0.4, -0.2) is 31.7 Å². The van der Waals surface area contributed by atoms with Crippen molar-refractivity contribution in [3.8, 4) is 11.8 Å². The summed E-state index contributed by atoms with van der Waals surface area (Å²) in [5, 5.41) is 3.09. The maximum atomic E-state index is 12.4. The van der Waals surface area contributed by atoms with Crippen LogP contribution in [0.1, 0.15) is 40.7 Å². The van der Waals surface area contributed by atoms with Gasteiger partial charge in [-0.1, -0.05) is 17.9 Å². The van der Waals surface area contributed by atoms with Gasteiger partial charge in [0.25, 0.3) is 5.91 Å². The topological polar surface area (TPSA) is 64.3 Å². The lowest BCUT2D eigenvalue weighted by atomic mass is 10.0. The molecule has 1 aliphatic rings. The molecule has 0 spiro atoms. The number of ether oxygens (including phenoxy) is 1. The second kappa shape index (κ2) is 7.26. The molecular formula is C17H22N2O2. The van der Waals surface area contributed by atoms with Gasteiger partial charge < -0.3 is 15.8 Å². The lowest BCUT2D eigenvalue weighted by molar-refractivity contribution is 0.0914. The van der Waals surface area contributed by atoms with Crippen molar-refractivity contribution in [2.24, 2.45) is 5.73 Å². The smallest absolute Gasteiger partial charge is 0.251 e. The molecule has 1 amide bonds. The first-order valence-electron chi connectivity index (χ1n) is 7.27. The van der Waals surface area contributed by atoms with Crippen molar-refractivity contribution < 1.29 is 9.53 Å². The summed E-state index contributed by atoms with van der Waals surface area (Å²) >= 11 is 0. The number of carbonyl (C=O) groups is 1. The Morgan fingerprint density at radius 1 is 1.48 bits per heavy atom. The number of carbonyl (C=O) groups excluding carboxylic acids is 1. The van der Waals surface area contributed by atoms with Crippen LogP contribution in [0.4, 0.5) is 0 Å². The largest absolute Gasteiger partial charge is 0.381 e. The number of methoxy groups -OCH3 is 1. The van der Waals surface area contributed by atoms with Gasteiger partial charge in [-0.3, -0.25) is 4.79 Å². The SMILES string of the molecule is COC1CCC(NC(=O)c2cc(C#CCN)ccc2C)C1. The van der Waals surface area contributed by atoms with Gasteiger partial charge >= 0.3 is 0 Å². The molecule has 2 rings (SSSR count). The molecule has 0 heterocycles. The molecule has 1 saturated carbocycles. The molecule has 4 heteroatoms. The van der Waals surface area contributed by atoms with Gasteiger partial charge in [0.05, 0.1) is 12.6 Å². The van der Waals surface area contributed by atoms with Crippen LogP contribution in [0.2, 0.25) is 0 Å². The van der Waals surface area contributed by atoms with Gasteiger partial charge in [-0.25, -0.2) is 0 Å². The molecule has 0 radical (unpaired) electrons. The number of hydrogen-bond acceptors (Lipinski definition) is 3. The van der Waals surface area contributed by atoms with E-state index in [0.29, 0.717) is 12.1 Å². The first kappa shape index (κ1) is 15.6. The Morgan fingerprint density at radius 2 is 2.29 bits per heavy atom. The molecular weight excluding hydrogens is 264 g/mol. The summed E-state index contributed by atoms with van der Waals surface area (Å²) in [6.45, 7) is 2.25. The third-order valence-electron chi connectivity index (χ3n) is 3.87. The van der Waals surface area contributed by atoms with Crippen molar-refractivity contribution >= 4 is 5.91 Å². The second-order valence-electron chi connectivity index (χ2n) is 5.38. The predicted molar refractivity (Wildman–Crippen MR) is 83.0 cm³/mol. The zero-order valence-corrected chi connectivity index (χ0v) is 12.6. The van der Waals surface area contributed by atoms with Crippen LogP contribution in [0.25, 0.3) is 0 Å². The van der Waals surface area contributed by atoms with Crippen LogP contribution < -0.4 is 11.1 Å². The van der Waals surface area contributed by atoms with Crippen LogP contribution in [0.3, 0.4) is 0 Å². The van der Waals surface area contributed by atoms with E-state index in [4.69, 9.17) is 10.5 Å². The maximum Gasteiger partial charge on any atom is 0.251 e.